The van der Waals surface area contributed by atoms with Crippen molar-refractivity contribution >= 4 is 8.07 Å². The first-order chi connectivity index (χ1) is 7.47. The van der Waals surface area contributed by atoms with E-state index in [1.54, 1.807) is 7.11 Å². The summed E-state index contributed by atoms with van der Waals surface area (Å²) in [6.07, 6.45) is 10.2. The second-order valence-corrected chi connectivity index (χ2v) is 11.4. The molecule has 0 saturated heterocycles. The summed E-state index contributed by atoms with van der Waals surface area (Å²) in [4.78, 5) is 0. The van der Waals surface area contributed by atoms with Gasteiger partial charge in [-0.1, -0.05) is 43.9 Å². The summed E-state index contributed by atoms with van der Waals surface area (Å²) in [5.74, 6) is 0. The lowest BCUT2D eigenvalue weighted by atomic mass is 9.83. The van der Waals surface area contributed by atoms with Crippen LogP contribution < -0.4 is 5.32 Å². The molecule has 1 N–H and O–H groups in total. The Morgan fingerprint density at radius 3 is 2.56 bits per heavy atom. The van der Waals surface area contributed by atoms with E-state index in [0.29, 0.717) is 12.1 Å². The van der Waals surface area contributed by atoms with Crippen molar-refractivity contribution in [2.45, 2.75) is 32.1 Å². The number of ether oxygens (including phenoxy) is 1. The highest BCUT2D eigenvalue weighted by atomic mass is 28.3. The molecule has 0 aromatic heterocycles. The van der Waals surface area contributed by atoms with Crippen molar-refractivity contribution in [1.82, 2.24) is 5.32 Å². The summed E-state index contributed by atoms with van der Waals surface area (Å²) < 4.78 is 5.07. The van der Waals surface area contributed by atoms with Crippen molar-refractivity contribution in [2.75, 3.05) is 20.4 Å². The van der Waals surface area contributed by atoms with Crippen molar-refractivity contribution in [2.24, 2.45) is 5.41 Å². The van der Waals surface area contributed by atoms with Crippen molar-refractivity contribution in [3.05, 3.63) is 24.3 Å². The molecule has 3 heteroatoms. The van der Waals surface area contributed by atoms with Crippen LogP contribution in [0.3, 0.4) is 0 Å². The third-order valence-corrected chi connectivity index (χ3v) is 4.59. The molecule has 1 unspecified atom stereocenters. The molecule has 0 bridgehead atoms. The third-order valence-electron chi connectivity index (χ3n) is 2.83. The Morgan fingerprint density at radius 2 is 2.06 bits per heavy atom. The zero-order valence-electron chi connectivity index (χ0n) is 11.0. The number of hydrogen-bond acceptors (Lipinski definition) is 2. The normalized spacial score (nSPS) is 25.0. The first-order valence-electron chi connectivity index (χ1n) is 6.02. The Kier molecular flexibility index (Phi) is 4.96. The molecular formula is C13H25NOSi. The largest absolute Gasteiger partial charge is 0.370 e. The smallest absolute Gasteiger partial charge is 0.0961 e. The Morgan fingerprint density at radius 1 is 1.31 bits per heavy atom. The third kappa shape index (κ3) is 4.64. The van der Waals surface area contributed by atoms with Gasteiger partial charge in [0, 0.05) is 27.1 Å². The van der Waals surface area contributed by atoms with Gasteiger partial charge in [-0.25, -0.2) is 0 Å². The summed E-state index contributed by atoms with van der Waals surface area (Å²) in [5, 5.41) is 3.38. The number of hydrogen-bond donors (Lipinski definition) is 1. The van der Waals surface area contributed by atoms with Crippen LogP contribution in [0.15, 0.2) is 24.3 Å². The standard InChI is InChI=1S/C13H25NOSi/c1-15-12-14-10-13(11-16(2,3)4)8-6-5-7-9-13/h5-8,14H,9-12H2,1-4H3. The molecular weight excluding hydrogens is 214 g/mol. The van der Waals surface area contributed by atoms with Crippen LogP contribution in [0, 0.1) is 5.41 Å². The molecule has 1 aliphatic carbocycles. The SMILES string of the molecule is COCNCC1(C[Si](C)(C)C)C=CC=CC1. The monoisotopic (exact) mass is 239 g/mol. The van der Waals surface area contributed by atoms with Gasteiger partial charge >= 0.3 is 0 Å². The molecule has 0 saturated carbocycles. The number of rotatable bonds is 6. The van der Waals surface area contributed by atoms with E-state index in [9.17, 15) is 0 Å². The van der Waals surface area contributed by atoms with E-state index < -0.39 is 8.07 Å². The highest BCUT2D eigenvalue weighted by molar-refractivity contribution is 6.76. The molecule has 0 amide bonds. The Labute approximate surface area is 101 Å². The van der Waals surface area contributed by atoms with Gasteiger partial charge in [0.25, 0.3) is 0 Å². The predicted molar refractivity (Wildman–Crippen MR) is 73.4 cm³/mol. The molecule has 1 rings (SSSR count). The van der Waals surface area contributed by atoms with Crippen LogP contribution in [0.5, 0.6) is 0 Å². The van der Waals surface area contributed by atoms with Gasteiger partial charge in [0.15, 0.2) is 0 Å². The zero-order valence-corrected chi connectivity index (χ0v) is 12.0. The Bertz CT molecular complexity index is 268. The van der Waals surface area contributed by atoms with Gasteiger partial charge in [0.2, 0.25) is 0 Å². The molecule has 1 aliphatic rings. The van der Waals surface area contributed by atoms with Gasteiger partial charge < -0.3 is 4.74 Å². The minimum atomic E-state index is -1.04. The molecule has 0 aliphatic heterocycles. The summed E-state index contributed by atoms with van der Waals surface area (Å²) in [6, 6.07) is 1.33. The van der Waals surface area contributed by atoms with Crippen molar-refractivity contribution in [1.29, 1.82) is 0 Å². The van der Waals surface area contributed by atoms with Crippen LogP contribution in [0.2, 0.25) is 25.7 Å². The zero-order chi connectivity index (χ0) is 12.1. The number of nitrogens with one attached hydrogen (secondary N) is 1. The highest BCUT2D eigenvalue weighted by Crippen LogP contribution is 2.36. The van der Waals surface area contributed by atoms with Gasteiger partial charge in [-0.05, 0) is 12.5 Å². The van der Waals surface area contributed by atoms with E-state index in [0.717, 1.165) is 13.0 Å². The molecule has 92 valence electrons. The quantitative estimate of drug-likeness (QED) is 0.437. The Hall–Kier alpha value is -0.383. The van der Waals surface area contributed by atoms with E-state index in [2.05, 4.69) is 49.3 Å². The van der Waals surface area contributed by atoms with Crippen LogP contribution in [-0.4, -0.2) is 28.5 Å². The average molecular weight is 239 g/mol. The molecule has 0 spiro atoms. The second-order valence-electron chi connectivity index (χ2n) is 5.95. The van der Waals surface area contributed by atoms with E-state index in [1.165, 1.54) is 6.04 Å². The minimum absolute atomic E-state index is 0.317. The Balaban J connectivity index is 2.62. The van der Waals surface area contributed by atoms with Crippen LogP contribution in [0.1, 0.15) is 6.42 Å². The maximum atomic E-state index is 5.07. The van der Waals surface area contributed by atoms with Crippen molar-refractivity contribution < 1.29 is 4.74 Å². The summed E-state index contributed by atoms with van der Waals surface area (Å²) in [7, 11) is 0.688. The summed E-state index contributed by atoms with van der Waals surface area (Å²) in [6.45, 7) is 8.99. The molecule has 0 aromatic rings. The van der Waals surface area contributed by atoms with Crippen LogP contribution in [0.4, 0.5) is 0 Å². The van der Waals surface area contributed by atoms with E-state index in [-0.39, 0.29) is 0 Å². The maximum Gasteiger partial charge on any atom is 0.0961 e. The van der Waals surface area contributed by atoms with E-state index >= 15 is 0 Å². The van der Waals surface area contributed by atoms with Gasteiger partial charge in [0.1, 0.15) is 0 Å². The lowest BCUT2D eigenvalue weighted by molar-refractivity contribution is 0.164. The first-order valence-corrected chi connectivity index (χ1v) is 9.72. The van der Waals surface area contributed by atoms with Gasteiger partial charge in [0.05, 0.1) is 6.73 Å². The maximum absolute atomic E-state index is 5.07. The van der Waals surface area contributed by atoms with E-state index in [1.807, 2.05) is 0 Å². The predicted octanol–water partition coefficient (Wildman–Crippen LogP) is 3.02. The molecule has 0 heterocycles. The van der Waals surface area contributed by atoms with Crippen LogP contribution in [-0.2, 0) is 4.74 Å². The van der Waals surface area contributed by atoms with Gasteiger partial charge in [-0.3, -0.25) is 5.32 Å². The fourth-order valence-corrected chi connectivity index (χ4v) is 4.99. The van der Waals surface area contributed by atoms with Crippen molar-refractivity contribution in [3.8, 4) is 0 Å². The number of allylic oxidation sites excluding steroid dienone is 3. The summed E-state index contributed by atoms with van der Waals surface area (Å²) >= 11 is 0. The lowest BCUT2D eigenvalue weighted by Crippen LogP contribution is -2.39. The minimum Gasteiger partial charge on any atom is -0.370 e. The highest BCUT2D eigenvalue weighted by Gasteiger charge is 2.32. The second kappa shape index (κ2) is 5.80. The topological polar surface area (TPSA) is 21.3 Å². The van der Waals surface area contributed by atoms with Crippen LogP contribution in [0.25, 0.3) is 0 Å². The molecule has 2 nitrogen and oxygen atoms in total. The fourth-order valence-electron chi connectivity index (χ4n) is 2.49. The van der Waals surface area contributed by atoms with Gasteiger partial charge in [-0.2, -0.15) is 0 Å². The molecule has 1 atom stereocenters. The first kappa shape index (κ1) is 13.7. The number of methoxy groups -OCH3 is 1. The summed E-state index contributed by atoms with van der Waals surface area (Å²) in [5.41, 5.74) is 0.317. The van der Waals surface area contributed by atoms with Crippen molar-refractivity contribution in [3.63, 3.8) is 0 Å². The van der Waals surface area contributed by atoms with Gasteiger partial charge in [-0.15, -0.1) is 0 Å². The van der Waals surface area contributed by atoms with Crippen LogP contribution >= 0.6 is 0 Å². The van der Waals surface area contributed by atoms with E-state index in [4.69, 9.17) is 4.74 Å². The molecule has 0 fully saturated rings. The fraction of sp³-hybridized carbons (Fsp3) is 0.692. The lowest BCUT2D eigenvalue weighted by Gasteiger charge is -2.36. The average Bonchev–Trinajstić information content (AvgIpc) is 2.16. The molecule has 0 aromatic carbocycles. The molecule has 0 radical (unpaired) electrons. The molecule has 16 heavy (non-hydrogen) atoms.